The van der Waals surface area contributed by atoms with E-state index in [0.29, 0.717) is 5.69 Å². The van der Waals surface area contributed by atoms with Gasteiger partial charge >= 0.3 is 0 Å². The van der Waals surface area contributed by atoms with Crippen molar-refractivity contribution in [2.45, 2.75) is 13.8 Å². The first-order valence-corrected chi connectivity index (χ1v) is 5.50. The van der Waals surface area contributed by atoms with Gasteiger partial charge in [-0.1, -0.05) is 0 Å². The Morgan fingerprint density at radius 2 is 1.88 bits per heavy atom. The number of methoxy groups -OCH3 is 1. The van der Waals surface area contributed by atoms with Gasteiger partial charge in [0.1, 0.15) is 5.75 Å². The number of nitrogens with zero attached hydrogens (tertiary/aromatic N) is 3. The van der Waals surface area contributed by atoms with Gasteiger partial charge in [-0.05, 0) is 48.7 Å². The van der Waals surface area contributed by atoms with Crippen molar-refractivity contribution in [3.8, 4) is 17.0 Å². The van der Waals surface area contributed by atoms with E-state index in [2.05, 4.69) is 15.2 Å². The summed E-state index contributed by atoms with van der Waals surface area (Å²) in [5, 5.41) is 7.54. The molecule has 0 saturated carbocycles. The largest absolute Gasteiger partial charge is 0.496 e. The van der Waals surface area contributed by atoms with E-state index in [9.17, 15) is 0 Å². The topological polar surface area (TPSA) is 47.9 Å². The van der Waals surface area contributed by atoms with Gasteiger partial charge in [0.2, 0.25) is 5.28 Å². The van der Waals surface area contributed by atoms with Crippen molar-refractivity contribution < 1.29 is 4.74 Å². The molecule has 0 aliphatic carbocycles. The van der Waals surface area contributed by atoms with Gasteiger partial charge in [-0.15, -0.1) is 5.10 Å². The summed E-state index contributed by atoms with van der Waals surface area (Å²) in [5.41, 5.74) is 3.85. The van der Waals surface area contributed by atoms with Crippen LogP contribution in [0, 0.1) is 13.8 Å². The molecule has 0 amide bonds. The molecule has 0 N–H and O–H groups in total. The Morgan fingerprint density at radius 3 is 2.53 bits per heavy atom. The summed E-state index contributed by atoms with van der Waals surface area (Å²) in [6, 6.07) is 3.98. The third-order valence-corrected chi connectivity index (χ3v) is 2.78. The fourth-order valence-electron chi connectivity index (χ4n) is 1.57. The maximum atomic E-state index is 5.74. The lowest BCUT2D eigenvalue weighted by Gasteiger charge is -2.10. The van der Waals surface area contributed by atoms with Crippen molar-refractivity contribution in [3.05, 3.63) is 34.7 Å². The fourth-order valence-corrected chi connectivity index (χ4v) is 1.71. The highest BCUT2D eigenvalue weighted by Crippen LogP contribution is 2.31. The van der Waals surface area contributed by atoms with Crippen molar-refractivity contribution in [1.82, 2.24) is 15.2 Å². The standard InChI is InChI=1S/C12H12ClN3O/c1-7-4-9(11(17-3)5-8(7)2)10-6-14-16-12(13)15-10/h4-6H,1-3H3. The summed E-state index contributed by atoms with van der Waals surface area (Å²) in [5.74, 6) is 0.754. The van der Waals surface area contributed by atoms with Crippen LogP contribution in [0.25, 0.3) is 11.3 Å². The van der Waals surface area contributed by atoms with E-state index in [1.807, 2.05) is 26.0 Å². The zero-order chi connectivity index (χ0) is 12.4. The summed E-state index contributed by atoms with van der Waals surface area (Å²) in [6.07, 6.45) is 1.57. The quantitative estimate of drug-likeness (QED) is 0.821. The number of hydrogen-bond donors (Lipinski definition) is 0. The third-order valence-electron chi connectivity index (χ3n) is 2.62. The molecular weight excluding hydrogens is 238 g/mol. The molecule has 1 aromatic carbocycles. The molecule has 4 nitrogen and oxygen atoms in total. The van der Waals surface area contributed by atoms with Gasteiger partial charge in [0.15, 0.2) is 0 Å². The van der Waals surface area contributed by atoms with Crippen molar-refractivity contribution in [2.24, 2.45) is 0 Å². The van der Waals surface area contributed by atoms with E-state index >= 15 is 0 Å². The van der Waals surface area contributed by atoms with Crippen molar-refractivity contribution in [3.63, 3.8) is 0 Å². The number of aromatic nitrogens is 3. The Balaban J connectivity index is 2.62. The molecule has 5 heteroatoms. The first kappa shape index (κ1) is 11.8. The Morgan fingerprint density at radius 1 is 1.18 bits per heavy atom. The van der Waals surface area contributed by atoms with Gasteiger partial charge in [0, 0.05) is 5.56 Å². The van der Waals surface area contributed by atoms with Gasteiger partial charge in [-0.2, -0.15) is 5.10 Å². The van der Waals surface area contributed by atoms with E-state index in [-0.39, 0.29) is 5.28 Å². The van der Waals surface area contributed by atoms with Crippen LogP contribution in [0.15, 0.2) is 18.3 Å². The van der Waals surface area contributed by atoms with Gasteiger partial charge < -0.3 is 4.74 Å². The monoisotopic (exact) mass is 249 g/mol. The van der Waals surface area contributed by atoms with E-state index in [1.54, 1.807) is 13.3 Å². The SMILES string of the molecule is COc1cc(C)c(C)cc1-c1cnnc(Cl)n1. The lowest BCUT2D eigenvalue weighted by molar-refractivity contribution is 0.416. The van der Waals surface area contributed by atoms with Crippen LogP contribution in [0.1, 0.15) is 11.1 Å². The minimum Gasteiger partial charge on any atom is -0.496 e. The molecule has 17 heavy (non-hydrogen) atoms. The molecule has 2 aromatic rings. The third kappa shape index (κ3) is 2.36. The average molecular weight is 250 g/mol. The highest BCUT2D eigenvalue weighted by Gasteiger charge is 2.10. The molecule has 0 saturated heterocycles. The summed E-state index contributed by atoms with van der Waals surface area (Å²) in [7, 11) is 1.63. The molecule has 0 atom stereocenters. The molecule has 88 valence electrons. The van der Waals surface area contributed by atoms with Crippen LogP contribution in [0.4, 0.5) is 0 Å². The van der Waals surface area contributed by atoms with Crippen LogP contribution < -0.4 is 4.74 Å². The molecule has 1 aromatic heterocycles. The van der Waals surface area contributed by atoms with Crippen LogP contribution in [0.5, 0.6) is 5.75 Å². The van der Waals surface area contributed by atoms with E-state index in [0.717, 1.165) is 16.9 Å². The van der Waals surface area contributed by atoms with Gasteiger partial charge in [0.25, 0.3) is 0 Å². The summed E-state index contributed by atoms with van der Waals surface area (Å²) >= 11 is 5.74. The summed E-state index contributed by atoms with van der Waals surface area (Å²) < 4.78 is 5.34. The summed E-state index contributed by atoms with van der Waals surface area (Å²) in [6.45, 7) is 4.07. The number of benzene rings is 1. The Kier molecular flexibility index (Phi) is 3.24. The normalized spacial score (nSPS) is 10.4. The molecule has 0 radical (unpaired) electrons. The number of rotatable bonds is 2. The highest BCUT2D eigenvalue weighted by atomic mass is 35.5. The lowest BCUT2D eigenvalue weighted by Crippen LogP contribution is -1.95. The van der Waals surface area contributed by atoms with Crippen molar-refractivity contribution in [2.75, 3.05) is 7.11 Å². The second kappa shape index (κ2) is 4.67. The highest BCUT2D eigenvalue weighted by molar-refractivity contribution is 6.28. The van der Waals surface area contributed by atoms with E-state index in [4.69, 9.17) is 16.3 Å². The zero-order valence-corrected chi connectivity index (χ0v) is 10.6. The summed E-state index contributed by atoms with van der Waals surface area (Å²) in [4.78, 5) is 4.13. The lowest BCUT2D eigenvalue weighted by atomic mass is 10.0. The predicted molar refractivity (Wildman–Crippen MR) is 66.3 cm³/mol. The van der Waals surface area contributed by atoms with E-state index < -0.39 is 0 Å². The molecule has 0 aliphatic rings. The van der Waals surface area contributed by atoms with Gasteiger partial charge in [-0.25, -0.2) is 4.98 Å². The number of halogens is 1. The van der Waals surface area contributed by atoms with Crippen LogP contribution in [-0.4, -0.2) is 22.3 Å². The second-order valence-electron chi connectivity index (χ2n) is 3.75. The molecular formula is C12H12ClN3O. The molecule has 2 rings (SSSR count). The predicted octanol–water partition coefficient (Wildman–Crippen LogP) is 2.82. The van der Waals surface area contributed by atoms with Gasteiger partial charge in [-0.3, -0.25) is 0 Å². The van der Waals surface area contributed by atoms with Crippen molar-refractivity contribution in [1.29, 1.82) is 0 Å². The maximum absolute atomic E-state index is 5.74. The molecule has 0 aliphatic heterocycles. The number of hydrogen-bond acceptors (Lipinski definition) is 4. The minimum absolute atomic E-state index is 0.128. The first-order chi connectivity index (χ1) is 8.11. The fraction of sp³-hybridized carbons (Fsp3) is 0.250. The number of aryl methyl sites for hydroxylation is 2. The van der Waals surface area contributed by atoms with Crippen LogP contribution in [0.2, 0.25) is 5.28 Å². The van der Waals surface area contributed by atoms with Crippen LogP contribution >= 0.6 is 11.6 Å². The Hall–Kier alpha value is -1.68. The van der Waals surface area contributed by atoms with E-state index in [1.165, 1.54) is 5.56 Å². The molecule has 1 heterocycles. The minimum atomic E-state index is 0.128. The number of ether oxygens (including phenoxy) is 1. The van der Waals surface area contributed by atoms with Crippen molar-refractivity contribution >= 4 is 11.6 Å². The Labute approximate surface area is 105 Å². The Bertz CT molecular complexity index is 557. The molecule has 0 unspecified atom stereocenters. The maximum Gasteiger partial charge on any atom is 0.243 e. The first-order valence-electron chi connectivity index (χ1n) is 5.12. The smallest absolute Gasteiger partial charge is 0.243 e. The second-order valence-corrected chi connectivity index (χ2v) is 4.09. The molecule has 0 bridgehead atoms. The van der Waals surface area contributed by atoms with Gasteiger partial charge in [0.05, 0.1) is 19.0 Å². The van der Waals surface area contributed by atoms with Crippen LogP contribution in [0.3, 0.4) is 0 Å². The average Bonchev–Trinajstić information content (AvgIpc) is 2.32. The molecule has 0 spiro atoms. The molecule has 0 fully saturated rings. The van der Waals surface area contributed by atoms with Crippen LogP contribution in [-0.2, 0) is 0 Å². The zero-order valence-electron chi connectivity index (χ0n) is 9.86.